The Labute approximate surface area is 170 Å². The van der Waals surface area contributed by atoms with Gasteiger partial charge in [-0.25, -0.2) is 4.98 Å². The first-order valence-electron chi connectivity index (χ1n) is 8.25. The number of imidazole rings is 1. The number of halogens is 2. The highest BCUT2D eigenvalue weighted by Crippen LogP contribution is 2.18. The maximum Gasteiger partial charge on any atom is 0.228 e. The van der Waals surface area contributed by atoms with Gasteiger partial charge in [0.05, 0.1) is 11.6 Å². The van der Waals surface area contributed by atoms with Crippen molar-refractivity contribution in [2.24, 2.45) is 11.7 Å². The first-order valence-corrected chi connectivity index (χ1v) is 8.25. The monoisotopic (exact) mass is 410 g/mol. The first-order chi connectivity index (χ1) is 12.0. The van der Waals surface area contributed by atoms with E-state index in [4.69, 9.17) is 10.5 Å². The van der Waals surface area contributed by atoms with Crippen LogP contribution in [0.4, 0.5) is 5.69 Å². The van der Waals surface area contributed by atoms with Crippen molar-refractivity contribution < 1.29 is 9.53 Å². The molecule has 6 nitrogen and oxygen atoms in total. The van der Waals surface area contributed by atoms with E-state index >= 15 is 0 Å². The van der Waals surface area contributed by atoms with Gasteiger partial charge in [-0.1, -0.05) is 13.0 Å². The van der Waals surface area contributed by atoms with E-state index < -0.39 is 0 Å². The van der Waals surface area contributed by atoms with E-state index in [9.17, 15) is 4.79 Å². The molecule has 3 N–H and O–H groups in total. The topological polar surface area (TPSA) is 81.7 Å². The van der Waals surface area contributed by atoms with Gasteiger partial charge in [0.15, 0.2) is 0 Å². The van der Waals surface area contributed by atoms with Gasteiger partial charge < -0.3 is 20.2 Å². The molecule has 2 unspecified atom stereocenters. The number of nitrogens with one attached hydrogen (secondary N) is 1. The van der Waals surface area contributed by atoms with Crippen LogP contribution in [0.2, 0.25) is 0 Å². The number of benzene rings is 1. The summed E-state index contributed by atoms with van der Waals surface area (Å²) in [7, 11) is 0. The Bertz CT molecular complexity index is 833. The van der Waals surface area contributed by atoms with E-state index in [1.54, 1.807) is 0 Å². The fourth-order valence-electron chi connectivity index (χ4n) is 2.34. The molecule has 1 amide bonds. The molecule has 0 aliphatic heterocycles. The zero-order valence-corrected chi connectivity index (χ0v) is 16.8. The number of aromatic nitrogens is 2. The van der Waals surface area contributed by atoms with E-state index in [-0.39, 0.29) is 42.7 Å². The second-order valence-electron chi connectivity index (χ2n) is 6.15. The van der Waals surface area contributed by atoms with Crippen LogP contribution >= 0.6 is 24.8 Å². The van der Waals surface area contributed by atoms with Crippen LogP contribution < -0.4 is 15.8 Å². The van der Waals surface area contributed by atoms with Gasteiger partial charge in [-0.05, 0) is 43.3 Å². The average molecular weight is 411 g/mol. The van der Waals surface area contributed by atoms with Crippen LogP contribution in [-0.2, 0) is 11.4 Å². The Morgan fingerprint density at radius 1 is 1.19 bits per heavy atom. The molecule has 0 saturated heterocycles. The van der Waals surface area contributed by atoms with Crippen molar-refractivity contribution in [3.63, 3.8) is 0 Å². The SMILES string of the molecule is CC(N)C(C)C(=O)Nc1ccc(OCc2cn3ccccc3n2)cc1.Cl.Cl. The Morgan fingerprint density at radius 2 is 1.89 bits per heavy atom. The normalized spacial score (nSPS) is 12.4. The lowest BCUT2D eigenvalue weighted by atomic mass is 10.0. The number of nitrogens with two attached hydrogens (primary N) is 1. The van der Waals surface area contributed by atoms with Gasteiger partial charge in [-0.15, -0.1) is 24.8 Å². The number of hydrogen-bond donors (Lipinski definition) is 2. The van der Waals surface area contributed by atoms with Crippen LogP contribution in [0.3, 0.4) is 0 Å². The third-order valence-corrected chi connectivity index (χ3v) is 4.12. The molecule has 3 rings (SSSR count). The lowest BCUT2D eigenvalue weighted by Gasteiger charge is -2.15. The van der Waals surface area contributed by atoms with E-state index in [1.165, 1.54) is 0 Å². The molecule has 2 aromatic heterocycles. The number of ether oxygens (including phenoxy) is 1. The van der Waals surface area contributed by atoms with E-state index in [0.717, 1.165) is 22.8 Å². The van der Waals surface area contributed by atoms with Crippen molar-refractivity contribution in [2.45, 2.75) is 26.5 Å². The molecule has 0 fully saturated rings. The number of fused-ring (bicyclic) bond motifs is 1. The first kappa shape index (κ1) is 22.8. The van der Waals surface area contributed by atoms with Gasteiger partial charge in [-0.3, -0.25) is 4.79 Å². The zero-order valence-electron chi connectivity index (χ0n) is 15.2. The van der Waals surface area contributed by atoms with Gasteiger partial charge in [0.2, 0.25) is 5.91 Å². The van der Waals surface area contributed by atoms with Crippen molar-refractivity contribution >= 4 is 42.1 Å². The lowest BCUT2D eigenvalue weighted by Crippen LogP contribution is -2.34. The van der Waals surface area contributed by atoms with Crippen LogP contribution in [0.5, 0.6) is 5.75 Å². The molecule has 0 radical (unpaired) electrons. The molecule has 0 aliphatic carbocycles. The van der Waals surface area contributed by atoms with Gasteiger partial charge in [0.1, 0.15) is 18.0 Å². The van der Waals surface area contributed by atoms with Gasteiger partial charge in [-0.2, -0.15) is 0 Å². The summed E-state index contributed by atoms with van der Waals surface area (Å²) in [4.78, 5) is 16.5. The molecule has 0 saturated carbocycles. The predicted octanol–water partition coefficient (Wildman–Crippen LogP) is 3.68. The summed E-state index contributed by atoms with van der Waals surface area (Å²) in [6.07, 6.45) is 3.89. The quantitative estimate of drug-likeness (QED) is 0.649. The van der Waals surface area contributed by atoms with E-state index in [0.29, 0.717) is 6.61 Å². The third kappa shape index (κ3) is 5.85. The lowest BCUT2D eigenvalue weighted by molar-refractivity contribution is -0.119. The summed E-state index contributed by atoms with van der Waals surface area (Å²) >= 11 is 0. The standard InChI is InChI=1S/C19H22N4O2.2ClH/c1-13(14(2)20)19(24)22-15-6-8-17(9-7-15)25-12-16-11-23-10-4-3-5-18(23)21-16;;/h3-11,13-14H,12,20H2,1-2H3,(H,22,24);2*1H. The number of rotatable bonds is 6. The highest BCUT2D eigenvalue weighted by molar-refractivity contribution is 5.92. The van der Waals surface area contributed by atoms with E-state index in [1.807, 2.05) is 73.1 Å². The van der Waals surface area contributed by atoms with Gasteiger partial charge in [0.25, 0.3) is 0 Å². The summed E-state index contributed by atoms with van der Waals surface area (Å²) in [5.74, 6) is 0.384. The molecule has 0 aliphatic rings. The summed E-state index contributed by atoms with van der Waals surface area (Å²) in [6.45, 7) is 4.02. The van der Waals surface area contributed by atoms with Gasteiger partial charge in [0, 0.05) is 24.1 Å². The number of amides is 1. The van der Waals surface area contributed by atoms with Crippen LogP contribution in [-0.4, -0.2) is 21.3 Å². The molecule has 2 atom stereocenters. The van der Waals surface area contributed by atoms with Crippen molar-refractivity contribution in [2.75, 3.05) is 5.32 Å². The maximum absolute atomic E-state index is 12.0. The van der Waals surface area contributed by atoms with Crippen molar-refractivity contribution in [3.8, 4) is 5.75 Å². The summed E-state index contributed by atoms with van der Waals surface area (Å²) in [6, 6.07) is 12.9. The minimum atomic E-state index is -0.244. The van der Waals surface area contributed by atoms with Crippen LogP contribution in [0, 0.1) is 5.92 Å². The van der Waals surface area contributed by atoms with Gasteiger partial charge >= 0.3 is 0 Å². The number of hydrogen-bond acceptors (Lipinski definition) is 4. The zero-order chi connectivity index (χ0) is 17.8. The summed E-state index contributed by atoms with van der Waals surface area (Å²) < 4.78 is 7.71. The summed E-state index contributed by atoms with van der Waals surface area (Å²) in [5, 5.41) is 2.85. The fraction of sp³-hybridized carbons (Fsp3) is 0.263. The molecule has 3 aromatic rings. The summed E-state index contributed by atoms with van der Waals surface area (Å²) in [5.41, 5.74) is 8.22. The predicted molar refractivity (Wildman–Crippen MR) is 112 cm³/mol. The Hall–Kier alpha value is -2.28. The smallest absolute Gasteiger partial charge is 0.228 e. The maximum atomic E-state index is 12.0. The minimum Gasteiger partial charge on any atom is -0.487 e. The highest BCUT2D eigenvalue weighted by atomic mass is 35.5. The van der Waals surface area contributed by atoms with Crippen LogP contribution in [0.15, 0.2) is 54.9 Å². The van der Waals surface area contributed by atoms with Crippen molar-refractivity contribution in [3.05, 3.63) is 60.6 Å². The number of carbonyl (C=O) groups is 1. The molecule has 27 heavy (non-hydrogen) atoms. The highest BCUT2D eigenvalue weighted by Gasteiger charge is 2.16. The molecule has 1 aromatic carbocycles. The average Bonchev–Trinajstić information content (AvgIpc) is 3.03. The Balaban J connectivity index is 0.00000182. The minimum absolute atomic E-state index is 0. The molecular weight excluding hydrogens is 387 g/mol. The van der Waals surface area contributed by atoms with Crippen LogP contribution in [0.1, 0.15) is 19.5 Å². The van der Waals surface area contributed by atoms with Crippen molar-refractivity contribution in [1.82, 2.24) is 9.38 Å². The number of pyridine rings is 1. The van der Waals surface area contributed by atoms with Crippen molar-refractivity contribution in [1.29, 1.82) is 0 Å². The molecular formula is C19H24Cl2N4O2. The molecule has 2 heterocycles. The number of nitrogens with zero attached hydrogens (tertiary/aromatic N) is 2. The largest absolute Gasteiger partial charge is 0.487 e. The van der Waals surface area contributed by atoms with Crippen LogP contribution in [0.25, 0.3) is 5.65 Å². The number of anilines is 1. The van der Waals surface area contributed by atoms with E-state index in [2.05, 4.69) is 10.3 Å². The molecule has 146 valence electrons. The second-order valence-corrected chi connectivity index (χ2v) is 6.15. The fourth-order valence-corrected chi connectivity index (χ4v) is 2.34. The number of carbonyl (C=O) groups excluding carboxylic acids is 1. The second kappa shape index (κ2) is 10.2. The molecule has 0 bridgehead atoms. The molecule has 0 spiro atoms. The Morgan fingerprint density at radius 3 is 2.52 bits per heavy atom. The molecule has 8 heteroatoms. The Kier molecular flexibility index (Phi) is 8.56. The third-order valence-electron chi connectivity index (χ3n) is 4.12.